The van der Waals surface area contributed by atoms with Gasteiger partial charge in [0.1, 0.15) is 0 Å². The number of ether oxygens (including phenoxy) is 1. The SMILES string of the molecule is CCOCCCNC(=O)C1CCN(C(=O)CCc2ccsc2)CC1. The van der Waals surface area contributed by atoms with E-state index in [9.17, 15) is 9.59 Å². The molecule has 134 valence electrons. The van der Waals surface area contributed by atoms with Gasteiger partial charge in [0.25, 0.3) is 0 Å². The number of likely N-dealkylation sites (tertiary alicyclic amines) is 1. The van der Waals surface area contributed by atoms with Gasteiger partial charge in [0.2, 0.25) is 11.8 Å². The maximum absolute atomic E-state index is 12.3. The molecule has 1 aromatic rings. The van der Waals surface area contributed by atoms with Crippen LogP contribution in [0.3, 0.4) is 0 Å². The third kappa shape index (κ3) is 6.24. The molecule has 2 rings (SSSR count). The quantitative estimate of drug-likeness (QED) is 0.695. The van der Waals surface area contributed by atoms with E-state index in [2.05, 4.69) is 16.8 Å². The molecular formula is C18H28N2O3S. The lowest BCUT2D eigenvalue weighted by Gasteiger charge is -2.31. The van der Waals surface area contributed by atoms with Gasteiger partial charge in [-0.2, -0.15) is 11.3 Å². The average molecular weight is 353 g/mol. The van der Waals surface area contributed by atoms with Gasteiger partial charge in [-0.3, -0.25) is 9.59 Å². The van der Waals surface area contributed by atoms with Crippen molar-refractivity contribution < 1.29 is 14.3 Å². The maximum atomic E-state index is 12.3. The zero-order chi connectivity index (χ0) is 17.2. The Morgan fingerprint density at radius 2 is 2.17 bits per heavy atom. The van der Waals surface area contributed by atoms with Crippen LogP contribution in [-0.2, 0) is 20.7 Å². The molecule has 1 aliphatic rings. The molecule has 1 saturated heterocycles. The highest BCUT2D eigenvalue weighted by Crippen LogP contribution is 2.19. The molecule has 0 saturated carbocycles. The molecule has 0 radical (unpaired) electrons. The number of nitrogens with zero attached hydrogens (tertiary/aromatic N) is 1. The third-order valence-corrected chi connectivity index (χ3v) is 5.13. The van der Waals surface area contributed by atoms with Crippen molar-refractivity contribution in [1.29, 1.82) is 0 Å². The summed E-state index contributed by atoms with van der Waals surface area (Å²) in [5.74, 6) is 0.367. The number of aryl methyl sites for hydroxylation is 1. The molecule has 2 heterocycles. The van der Waals surface area contributed by atoms with Crippen molar-refractivity contribution in [3.63, 3.8) is 0 Å². The van der Waals surface area contributed by atoms with Gasteiger partial charge >= 0.3 is 0 Å². The molecule has 24 heavy (non-hydrogen) atoms. The normalized spacial score (nSPS) is 15.5. The number of amides is 2. The molecule has 0 atom stereocenters. The first kappa shape index (κ1) is 18.9. The second-order valence-electron chi connectivity index (χ2n) is 6.13. The topological polar surface area (TPSA) is 58.6 Å². The Balaban J connectivity index is 1.61. The van der Waals surface area contributed by atoms with Crippen LogP contribution >= 0.6 is 11.3 Å². The van der Waals surface area contributed by atoms with E-state index in [4.69, 9.17) is 4.74 Å². The van der Waals surface area contributed by atoms with Crippen molar-refractivity contribution in [3.05, 3.63) is 22.4 Å². The van der Waals surface area contributed by atoms with E-state index in [1.165, 1.54) is 5.56 Å². The molecule has 1 aromatic heterocycles. The van der Waals surface area contributed by atoms with Gasteiger partial charge in [0.15, 0.2) is 0 Å². The van der Waals surface area contributed by atoms with E-state index < -0.39 is 0 Å². The van der Waals surface area contributed by atoms with Crippen LogP contribution in [0.15, 0.2) is 16.8 Å². The van der Waals surface area contributed by atoms with Crippen LogP contribution in [0, 0.1) is 5.92 Å². The summed E-state index contributed by atoms with van der Waals surface area (Å²) in [7, 11) is 0. The number of thiophene rings is 1. The maximum Gasteiger partial charge on any atom is 0.223 e. The van der Waals surface area contributed by atoms with Crippen LogP contribution in [0.2, 0.25) is 0 Å². The number of hydrogen-bond donors (Lipinski definition) is 1. The fourth-order valence-corrected chi connectivity index (χ4v) is 3.61. The Bertz CT molecular complexity index is 496. The number of rotatable bonds is 9. The summed E-state index contributed by atoms with van der Waals surface area (Å²) in [5, 5.41) is 7.11. The van der Waals surface area contributed by atoms with Gasteiger partial charge in [-0.15, -0.1) is 0 Å². The first-order valence-electron chi connectivity index (χ1n) is 8.85. The number of carbonyl (C=O) groups excluding carboxylic acids is 2. The van der Waals surface area contributed by atoms with Crippen LogP contribution in [0.4, 0.5) is 0 Å². The number of hydrogen-bond acceptors (Lipinski definition) is 4. The minimum Gasteiger partial charge on any atom is -0.382 e. The predicted octanol–water partition coefficient (Wildman–Crippen LogP) is 2.46. The lowest BCUT2D eigenvalue weighted by atomic mass is 9.95. The lowest BCUT2D eigenvalue weighted by Crippen LogP contribution is -2.43. The van der Waals surface area contributed by atoms with Gasteiger partial charge in [0.05, 0.1) is 0 Å². The first-order chi connectivity index (χ1) is 11.7. The van der Waals surface area contributed by atoms with Gasteiger partial charge in [0, 0.05) is 45.2 Å². The minimum absolute atomic E-state index is 0.0398. The van der Waals surface area contributed by atoms with E-state index in [0.29, 0.717) is 39.3 Å². The molecule has 1 fully saturated rings. The summed E-state index contributed by atoms with van der Waals surface area (Å²) in [6, 6.07) is 2.07. The van der Waals surface area contributed by atoms with E-state index >= 15 is 0 Å². The molecular weight excluding hydrogens is 324 g/mol. The van der Waals surface area contributed by atoms with E-state index in [1.54, 1.807) is 11.3 Å². The Morgan fingerprint density at radius 3 is 2.83 bits per heavy atom. The molecule has 0 spiro atoms. The number of piperidine rings is 1. The third-order valence-electron chi connectivity index (χ3n) is 4.39. The summed E-state index contributed by atoms with van der Waals surface area (Å²) >= 11 is 1.66. The molecule has 0 aliphatic carbocycles. The summed E-state index contributed by atoms with van der Waals surface area (Å²) < 4.78 is 5.26. The summed E-state index contributed by atoms with van der Waals surface area (Å²) in [6.07, 6.45) is 3.75. The summed E-state index contributed by atoms with van der Waals surface area (Å²) in [5.41, 5.74) is 1.23. The number of carbonyl (C=O) groups is 2. The molecule has 1 aliphatic heterocycles. The van der Waals surface area contributed by atoms with E-state index in [0.717, 1.165) is 25.7 Å². The van der Waals surface area contributed by atoms with E-state index in [1.807, 2.05) is 17.2 Å². The second kappa shape index (κ2) is 10.5. The Kier molecular flexibility index (Phi) is 8.25. The smallest absolute Gasteiger partial charge is 0.223 e. The van der Waals surface area contributed by atoms with Crippen molar-refractivity contribution in [2.75, 3.05) is 32.8 Å². The average Bonchev–Trinajstić information content (AvgIpc) is 3.13. The second-order valence-corrected chi connectivity index (χ2v) is 6.91. The highest BCUT2D eigenvalue weighted by molar-refractivity contribution is 7.07. The van der Waals surface area contributed by atoms with Crippen LogP contribution in [0.25, 0.3) is 0 Å². The Labute approximate surface area is 148 Å². The molecule has 6 heteroatoms. The van der Waals surface area contributed by atoms with Crippen LogP contribution < -0.4 is 5.32 Å². The fourth-order valence-electron chi connectivity index (χ4n) is 2.91. The molecule has 0 unspecified atom stereocenters. The summed E-state index contributed by atoms with van der Waals surface area (Å²) in [6.45, 7) is 5.42. The lowest BCUT2D eigenvalue weighted by molar-refractivity contribution is -0.135. The number of nitrogens with one attached hydrogen (secondary N) is 1. The van der Waals surface area contributed by atoms with Crippen molar-refractivity contribution in [1.82, 2.24) is 10.2 Å². The molecule has 5 nitrogen and oxygen atoms in total. The molecule has 2 amide bonds. The Morgan fingerprint density at radius 1 is 1.38 bits per heavy atom. The predicted molar refractivity (Wildman–Crippen MR) is 96.1 cm³/mol. The fraction of sp³-hybridized carbons (Fsp3) is 0.667. The van der Waals surface area contributed by atoms with Gasteiger partial charge in [-0.1, -0.05) is 0 Å². The van der Waals surface area contributed by atoms with Crippen molar-refractivity contribution in [2.24, 2.45) is 5.92 Å². The minimum atomic E-state index is 0.0398. The standard InChI is InChI=1S/C18H28N2O3S/c1-2-23-12-3-9-19-18(22)16-6-10-20(11-7-16)17(21)5-4-15-8-13-24-14-15/h8,13-14,16H,2-7,9-12H2,1H3,(H,19,22). The monoisotopic (exact) mass is 352 g/mol. The van der Waals surface area contributed by atoms with Crippen LogP contribution in [0.1, 0.15) is 38.2 Å². The van der Waals surface area contributed by atoms with Crippen LogP contribution in [0.5, 0.6) is 0 Å². The highest BCUT2D eigenvalue weighted by atomic mass is 32.1. The zero-order valence-corrected chi connectivity index (χ0v) is 15.3. The summed E-state index contributed by atoms with van der Waals surface area (Å²) in [4.78, 5) is 26.3. The first-order valence-corrected chi connectivity index (χ1v) is 9.79. The van der Waals surface area contributed by atoms with Crippen molar-refractivity contribution in [2.45, 2.75) is 39.0 Å². The zero-order valence-electron chi connectivity index (χ0n) is 14.5. The van der Waals surface area contributed by atoms with Gasteiger partial charge < -0.3 is 15.0 Å². The van der Waals surface area contributed by atoms with E-state index in [-0.39, 0.29) is 17.7 Å². The highest BCUT2D eigenvalue weighted by Gasteiger charge is 2.26. The van der Waals surface area contributed by atoms with Gasteiger partial charge in [-0.05, 0) is 55.0 Å². The molecule has 0 bridgehead atoms. The van der Waals surface area contributed by atoms with Crippen molar-refractivity contribution in [3.8, 4) is 0 Å². The van der Waals surface area contributed by atoms with Crippen molar-refractivity contribution >= 4 is 23.2 Å². The Hall–Kier alpha value is -1.40. The molecule has 0 aromatic carbocycles. The molecule has 1 N–H and O–H groups in total. The van der Waals surface area contributed by atoms with Crippen LogP contribution in [-0.4, -0.2) is 49.6 Å². The largest absolute Gasteiger partial charge is 0.382 e. The van der Waals surface area contributed by atoms with Gasteiger partial charge in [-0.25, -0.2) is 0 Å².